The van der Waals surface area contributed by atoms with Crippen molar-refractivity contribution < 1.29 is 0 Å². The predicted molar refractivity (Wildman–Crippen MR) is 475 cm³/mol. The summed E-state index contributed by atoms with van der Waals surface area (Å²) in [6.07, 6.45) is 0. The number of aromatic nitrogens is 2. The highest BCUT2D eigenvalue weighted by Crippen LogP contribution is 2.56. The van der Waals surface area contributed by atoms with E-state index in [4.69, 9.17) is 0 Å². The third-order valence-corrected chi connectivity index (χ3v) is 24.3. The summed E-state index contributed by atoms with van der Waals surface area (Å²) in [6, 6.07) is 137. The smallest absolute Gasteiger partial charge is 0.252 e. The minimum atomic E-state index is -0.320. The molecule has 0 radical (unpaired) electrons. The summed E-state index contributed by atoms with van der Waals surface area (Å²) < 4.78 is 5.07. The lowest BCUT2D eigenvalue weighted by atomic mass is 9.33. The largest absolute Gasteiger partial charge is 0.310 e. The quantitative estimate of drug-likeness (QED) is 0.0813. The maximum atomic E-state index is 2.74. The molecule has 2 aliphatic rings. The van der Waals surface area contributed by atoms with Gasteiger partial charge in [0.1, 0.15) is 0 Å². The molecule has 0 amide bonds. The number of benzene rings is 18. The van der Waals surface area contributed by atoms with Crippen LogP contribution >= 0.6 is 0 Å². The fourth-order valence-corrected chi connectivity index (χ4v) is 19.2. The summed E-state index contributed by atoms with van der Waals surface area (Å²) in [5, 5.41) is 15.1. The van der Waals surface area contributed by atoms with Crippen molar-refractivity contribution in [2.45, 2.75) is 52.4 Å². The van der Waals surface area contributed by atoms with E-state index < -0.39 is 0 Å². The van der Waals surface area contributed by atoms with Gasteiger partial charge in [0, 0.05) is 72.2 Å². The number of hydrogen-bond donors (Lipinski definition) is 0. The zero-order valence-corrected chi connectivity index (χ0v) is 62.9. The standard InChI is InChI=1S/C106H77BN4/c1-105(2,3)72-59-86(66-30-11-7-12-31-66)103(87(60-72)67-32-13-8-14-33-67)110-96-57-52-71(76-54-55-85-83-45-28-39-70-38-27-44-82(100(70)83)84-47-29-46-81(76)101(84)85)58-91(96)107-90-56-53-74(108-92-48-23-19-40-77(92)78-41-20-24-49-93(78)108)63-97(90)111(99-65-75(64-98(110)102(99)107)109-94-50-25-21-42-79(94)80-43-22-26-51-95(80)109)104-88(68-34-15-9-16-35-68)61-73(106(4,5)6)62-89(104)69-36-17-10-18-37-69/h7-65H,1-6H3. The summed E-state index contributed by atoms with van der Waals surface area (Å²) in [4.78, 5) is 5.47. The topological polar surface area (TPSA) is 16.3 Å². The molecular formula is C106H77BN4. The molecule has 111 heavy (non-hydrogen) atoms. The molecule has 0 aliphatic carbocycles. The molecule has 20 aromatic rings. The fraction of sp³-hybridized carbons (Fsp3) is 0.0755. The second-order valence-electron chi connectivity index (χ2n) is 32.7. The molecule has 0 saturated heterocycles. The molecule has 524 valence electrons. The van der Waals surface area contributed by atoms with Crippen molar-refractivity contribution in [3.05, 3.63) is 369 Å². The third kappa shape index (κ3) is 9.88. The summed E-state index contributed by atoms with van der Waals surface area (Å²) in [5.41, 5.74) is 30.7. The molecule has 5 heteroatoms. The maximum absolute atomic E-state index is 2.74. The normalized spacial score (nSPS) is 12.9. The Balaban J connectivity index is 0.945. The molecular weight excluding hydrogens is 1340 g/mol. The van der Waals surface area contributed by atoms with Gasteiger partial charge in [-0.3, -0.25) is 0 Å². The van der Waals surface area contributed by atoms with E-state index in [-0.39, 0.29) is 17.5 Å². The van der Waals surface area contributed by atoms with Gasteiger partial charge in [0.15, 0.2) is 0 Å². The van der Waals surface area contributed by atoms with Crippen molar-refractivity contribution in [2.24, 2.45) is 0 Å². The van der Waals surface area contributed by atoms with Crippen LogP contribution in [0.15, 0.2) is 358 Å². The Morgan fingerprint density at radius 1 is 0.234 bits per heavy atom. The highest BCUT2D eigenvalue weighted by molar-refractivity contribution is 7.00. The van der Waals surface area contributed by atoms with Crippen molar-refractivity contribution in [3.8, 4) is 67.0 Å². The van der Waals surface area contributed by atoms with E-state index in [1.807, 2.05) is 0 Å². The van der Waals surface area contributed by atoms with Crippen LogP contribution in [0.5, 0.6) is 0 Å². The zero-order valence-electron chi connectivity index (χ0n) is 62.9. The Bertz CT molecular complexity index is 6940. The van der Waals surface area contributed by atoms with Gasteiger partial charge in [0.05, 0.1) is 39.1 Å². The first-order chi connectivity index (χ1) is 54.4. The highest BCUT2D eigenvalue weighted by atomic mass is 15.2. The second-order valence-corrected chi connectivity index (χ2v) is 32.7. The number of hydrogen-bond acceptors (Lipinski definition) is 2. The van der Waals surface area contributed by atoms with Crippen LogP contribution in [-0.2, 0) is 10.8 Å². The van der Waals surface area contributed by atoms with Crippen LogP contribution in [-0.4, -0.2) is 15.8 Å². The number of anilines is 6. The van der Waals surface area contributed by atoms with Gasteiger partial charge in [-0.1, -0.05) is 321 Å². The minimum absolute atomic E-state index is 0.216. The number of fused-ring (bicyclic) bond motifs is 12. The van der Waals surface area contributed by atoms with Gasteiger partial charge in [0.25, 0.3) is 6.71 Å². The Morgan fingerprint density at radius 2 is 0.604 bits per heavy atom. The first kappa shape index (κ1) is 64.7. The van der Waals surface area contributed by atoms with E-state index in [0.29, 0.717) is 0 Å². The molecule has 18 aromatic carbocycles. The molecule has 0 fully saturated rings. The van der Waals surface area contributed by atoms with Gasteiger partial charge >= 0.3 is 0 Å². The summed E-state index contributed by atoms with van der Waals surface area (Å²) in [6.45, 7) is 13.9. The average Bonchev–Trinajstić information content (AvgIpc) is 1.27. The van der Waals surface area contributed by atoms with Gasteiger partial charge in [-0.25, -0.2) is 0 Å². The Morgan fingerprint density at radius 3 is 1.05 bits per heavy atom. The molecule has 0 N–H and O–H groups in total. The highest BCUT2D eigenvalue weighted by Gasteiger charge is 2.47. The minimum Gasteiger partial charge on any atom is -0.310 e. The van der Waals surface area contributed by atoms with Crippen molar-refractivity contribution in [3.63, 3.8) is 0 Å². The third-order valence-electron chi connectivity index (χ3n) is 24.3. The van der Waals surface area contributed by atoms with Crippen molar-refractivity contribution in [2.75, 3.05) is 9.80 Å². The van der Waals surface area contributed by atoms with Crippen molar-refractivity contribution in [1.82, 2.24) is 9.13 Å². The fourth-order valence-electron chi connectivity index (χ4n) is 19.2. The van der Waals surface area contributed by atoms with E-state index >= 15 is 0 Å². The lowest BCUT2D eigenvalue weighted by Gasteiger charge is -2.46. The van der Waals surface area contributed by atoms with Crippen LogP contribution in [0.2, 0.25) is 0 Å². The van der Waals surface area contributed by atoms with Gasteiger partial charge < -0.3 is 18.9 Å². The zero-order chi connectivity index (χ0) is 74.1. The SMILES string of the molecule is CC(C)(C)c1cc(-c2ccccc2)c(N2c3ccc(-c4ccc5c6cccc7cccc(c8cccc4c85)c76)cc3B3c4ccc(-n5c6ccccc6c6ccccc65)cc4N(c4c(-c5ccccc5)cc(C(C)(C)C)cc4-c4ccccc4)c4cc(-n5c6ccccc6c6ccccc65)cc2c43)c(-c2ccccc2)c1. The number of para-hydroxylation sites is 4. The monoisotopic (exact) mass is 1420 g/mol. The molecule has 0 spiro atoms. The lowest BCUT2D eigenvalue weighted by Crippen LogP contribution is -2.61. The number of rotatable bonds is 9. The molecule has 0 atom stereocenters. The predicted octanol–water partition coefficient (Wildman–Crippen LogP) is 26.9. The van der Waals surface area contributed by atoms with E-state index in [1.165, 1.54) is 97.7 Å². The van der Waals surface area contributed by atoms with Gasteiger partial charge in [-0.15, -0.1) is 0 Å². The average molecular weight is 1420 g/mol. The summed E-state index contributed by atoms with van der Waals surface area (Å²) in [5.74, 6) is 0. The molecule has 2 aliphatic heterocycles. The van der Waals surface area contributed by atoms with Crippen molar-refractivity contribution >= 4 is 144 Å². The van der Waals surface area contributed by atoms with E-state index in [1.54, 1.807) is 0 Å². The molecule has 0 bridgehead atoms. The van der Waals surface area contributed by atoms with E-state index in [2.05, 4.69) is 418 Å². The van der Waals surface area contributed by atoms with E-state index in [0.717, 1.165) is 118 Å². The number of nitrogens with zero attached hydrogens (tertiary/aromatic N) is 4. The van der Waals surface area contributed by atoms with Gasteiger partial charge in [0.2, 0.25) is 0 Å². The van der Waals surface area contributed by atoms with Gasteiger partial charge in [-0.2, -0.15) is 0 Å². The molecule has 22 rings (SSSR count). The molecule has 0 saturated carbocycles. The van der Waals surface area contributed by atoms with Crippen LogP contribution in [0, 0.1) is 0 Å². The molecule has 2 aromatic heterocycles. The summed E-state index contributed by atoms with van der Waals surface area (Å²) >= 11 is 0. The molecule has 4 heterocycles. The van der Waals surface area contributed by atoms with Gasteiger partial charge in [-0.05, 0) is 194 Å². The molecule has 4 nitrogen and oxygen atoms in total. The van der Waals surface area contributed by atoms with Crippen LogP contribution in [0.4, 0.5) is 34.1 Å². The maximum Gasteiger partial charge on any atom is 0.252 e. The Hall–Kier alpha value is -13.5. The summed E-state index contributed by atoms with van der Waals surface area (Å²) in [7, 11) is 0. The van der Waals surface area contributed by atoms with E-state index in [9.17, 15) is 0 Å². The van der Waals surface area contributed by atoms with Crippen LogP contribution in [0.1, 0.15) is 52.7 Å². The Labute approximate surface area is 647 Å². The van der Waals surface area contributed by atoms with Crippen LogP contribution in [0.3, 0.4) is 0 Å². The first-order valence-corrected chi connectivity index (χ1v) is 39.1. The van der Waals surface area contributed by atoms with Crippen LogP contribution in [0.25, 0.3) is 154 Å². The van der Waals surface area contributed by atoms with Crippen LogP contribution < -0.4 is 26.2 Å². The first-order valence-electron chi connectivity index (χ1n) is 39.1. The second kappa shape index (κ2) is 24.5. The lowest BCUT2D eigenvalue weighted by molar-refractivity contribution is 0.590. The van der Waals surface area contributed by atoms with Crippen molar-refractivity contribution in [1.29, 1.82) is 0 Å². The molecule has 0 unspecified atom stereocenters. The Kier molecular flexibility index (Phi) is 14.3.